The summed E-state index contributed by atoms with van der Waals surface area (Å²) >= 11 is 0.800. The minimum Gasteiger partial charge on any atom is -0.477 e. The van der Waals surface area contributed by atoms with E-state index in [0.717, 1.165) is 20.7 Å². The Labute approximate surface area is 198 Å². The predicted molar refractivity (Wildman–Crippen MR) is 126 cm³/mol. The van der Waals surface area contributed by atoms with Crippen molar-refractivity contribution < 1.29 is 28.5 Å². The molecule has 172 valence electrons. The molecule has 2 rings (SSSR count). The Hall–Kier alpha value is -3.95. The molecule has 0 aliphatic carbocycles. The third-order valence-electron chi connectivity index (χ3n) is 3.81. The molecule has 0 radical (unpaired) electrons. The molecule has 2 aromatic carbocycles. The predicted octanol–water partition coefficient (Wildman–Crippen LogP) is 4.62. The van der Waals surface area contributed by atoms with Crippen molar-refractivity contribution in [2.24, 2.45) is 0 Å². The van der Waals surface area contributed by atoms with Crippen LogP contribution in [0.1, 0.15) is 13.8 Å². The van der Waals surface area contributed by atoms with Crippen molar-refractivity contribution in [3.05, 3.63) is 48.5 Å². The first kappa shape index (κ1) is 25.3. The van der Waals surface area contributed by atoms with Crippen molar-refractivity contribution in [1.82, 2.24) is 8.61 Å². The number of hydrogen-bond donors (Lipinski definition) is 0. The normalized spacial score (nSPS) is 9.33. The third kappa shape index (κ3) is 8.24. The third-order valence-corrected chi connectivity index (χ3v) is 4.59. The van der Waals surface area contributed by atoms with E-state index in [-0.39, 0.29) is 24.7 Å². The molecular weight excluding hydrogens is 444 g/mol. The van der Waals surface area contributed by atoms with Gasteiger partial charge < -0.3 is 18.9 Å². The second-order valence-corrected chi connectivity index (χ2v) is 7.40. The maximum absolute atomic E-state index is 12.5. The quantitative estimate of drug-likeness (QED) is 0.413. The fourth-order valence-electron chi connectivity index (χ4n) is 2.25. The van der Waals surface area contributed by atoms with Gasteiger partial charge in [0, 0.05) is 14.1 Å². The summed E-state index contributed by atoms with van der Waals surface area (Å²) in [5.74, 6) is 12.2. The summed E-state index contributed by atoms with van der Waals surface area (Å²) in [4.78, 5) is 25.0. The molecule has 0 unspecified atom stereocenters. The molecule has 0 atom stereocenters. The van der Waals surface area contributed by atoms with Gasteiger partial charge in [0.1, 0.15) is 13.2 Å². The minimum absolute atomic E-state index is 0.167. The highest BCUT2D eigenvalue weighted by atomic mass is 32.2. The van der Waals surface area contributed by atoms with Gasteiger partial charge in [-0.05, 0) is 38.1 Å². The van der Waals surface area contributed by atoms with Gasteiger partial charge in [-0.15, -0.1) is 11.8 Å². The van der Waals surface area contributed by atoms with Crippen LogP contribution in [0.15, 0.2) is 48.5 Å². The second kappa shape index (κ2) is 13.5. The van der Waals surface area contributed by atoms with Gasteiger partial charge in [-0.25, -0.2) is 18.2 Å². The van der Waals surface area contributed by atoms with Crippen molar-refractivity contribution in [1.29, 1.82) is 0 Å². The fourth-order valence-corrected chi connectivity index (χ4v) is 2.82. The number of nitrogens with zero attached hydrogens (tertiary/aromatic N) is 2. The molecule has 33 heavy (non-hydrogen) atoms. The summed E-state index contributed by atoms with van der Waals surface area (Å²) in [5, 5.41) is 0. The standard InChI is InChI=1S/C24H24N2O6S/c1-5-7-17-29-19-13-9-11-15-21(19)31-23(27)25(3)33-26(4)24(28)32-22-16-12-10-14-20(22)30-18-8-6-2/h9-16H,17-18H2,1-4H3. The average Bonchev–Trinajstić information content (AvgIpc) is 2.81. The van der Waals surface area contributed by atoms with Gasteiger partial charge in [0.2, 0.25) is 0 Å². The van der Waals surface area contributed by atoms with E-state index in [0.29, 0.717) is 11.5 Å². The van der Waals surface area contributed by atoms with Gasteiger partial charge in [0.25, 0.3) is 0 Å². The largest absolute Gasteiger partial charge is 0.477 e. The molecule has 0 aliphatic heterocycles. The summed E-state index contributed by atoms with van der Waals surface area (Å²) in [6.07, 6.45) is -1.42. The van der Waals surface area contributed by atoms with Crippen LogP contribution in [0.3, 0.4) is 0 Å². The molecule has 0 aromatic heterocycles. The molecule has 0 bridgehead atoms. The maximum Gasteiger partial charge on any atom is 0.426 e. The Kier molecular flexibility index (Phi) is 10.3. The molecule has 8 nitrogen and oxygen atoms in total. The number of benzene rings is 2. The maximum atomic E-state index is 12.5. The van der Waals surface area contributed by atoms with Gasteiger partial charge in [-0.2, -0.15) is 0 Å². The minimum atomic E-state index is -0.709. The molecule has 9 heteroatoms. The lowest BCUT2D eigenvalue weighted by molar-refractivity contribution is 0.179. The molecule has 0 saturated carbocycles. The molecular formula is C24H24N2O6S. The van der Waals surface area contributed by atoms with Gasteiger partial charge in [0.05, 0.1) is 12.1 Å². The second-order valence-electron chi connectivity index (χ2n) is 6.14. The average molecular weight is 469 g/mol. The zero-order chi connectivity index (χ0) is 24.1. The van der Waals surface area contributed by atoms with E-state index >= 15 is 0 Å². The van der Waals surface area contributed by atoms with E-state index in [9.17, 15) is 9.59 Å². The Balaban J connectivity index is 1.95. The van der Waals surface area contributed by atoms with Crippen molar-refractivity contribution in [2.75, 3.05) is 27.3 Å². The molecule has 0 spiro atoms. The SMILES string of the molecule is CC#CCOc1ccccc1OC(=O)N(C)SN(C)C(=O)Oc1ccccc1OCC#CC. The number of carbonyl (C=O) groups excluding carboxylic acids is 2. The van der Waals surface area contributed by atoms with Crippen molar-refractivity contribution in [3.8, 4) is 46.7 Å². The van der Waals surface area contributed by atoms with Crippen molar-refractivity contribution >= 4 is 24.3 Å². The van der Waals surface area contributed by atoms with Crippen LogP contribution < -0.4 is 18.9 Å². The lowest BCUT2D eigenvalue weighted by atomic mass is 10.3. The lowest BCUT2D eigenvalue weighted by Gasteiger charge is -2.22. The Morgan fingerprint density at radius 1 is 0.727 bits per heavy atom. The highest BCUT2D eigenvalue weighted by Gasteiger charge is 2.22. The van der Waals surface area contributed by atoms with Gasteiger partial charge in [-0.1, -0.05) is 36.1 Å². The zero-order valence-electron chi connectivity index (χ0n) is 18.8. The smallest absolute Gasteiger partial charge is 0.426 e. The van der Waals surface area contributed by atoms with Crippen LogP contribution in [-0.2, 0) is 0 Å². The van der Waals surface area contributed by atoms with E-state index in [2.05, 4.69) is 23.7 Å². The number of para-hydroxylation sites is 4. The molecule has 2 aromatic rings. The zero-order valence-corrected chi connectivity index (χ0v) is 19.6. The van der Waals surface area contributed by atoms with E-state index < -0.39 is 12.2 Å². The number of ether oxygens (including phenoxy) is 4. The Morgan fingerprint density at radius 2 is 1.09 bits per heavy atom. The van der Waals surface area contributed by atoms with Crippen LogP contribution in [-0.4, -0.2) is 48.1 Å². The summed E-state index contributed by atoms with van der Waals surface area (Å²) < 4.78 is 24.1. The lowest BCUT2D eigenvalue weighted by Crippen LogP contribution is -2.32. The van der Waals surface area contributed by atoms with Crippen molar-refractivity contribution in [3.63, 3.8) is 0 Å². The van der Waals surface area contributed by atoms with Crippen LogP contribution >= 0.6 is 12.1 Å². The summed E-state index contributed by atoms with van der Waals surface area (Å²) in [5.41, 5.74) is 0. The van der Waals surface area contributed by atoms with Crippen LogP contribution in [0.4, 0.5) is 9.59 Å². The highest BCUT2D eigenvalue weighted by molar-refractivity contribution is 7.95. The van der Waals surface area contributed by atoms with Gasteiger partial charge in [-0.3, -0.25) is 0 Å². The summed E-state index contributed by atoms with van der Waals surface area (Å²) in [7, 11) is 2.92. The molecule has 2 amide bonds. The highest BCUT2D eigenvalue weighted by Crippen LogP contribution is 2.29. The number of rotatable bonds is 8. The van der Waals surface area contributed by atoms with E-state index in [1.54, 1.807) is 62.4 Å². The molecule has 0 saturated heterocycles. The number of carbonyl (C=O) groups is 2. The van der Waals surface area contributed by atoms with E-state index in [1.807, 2.05) is 0 Å². The molecule has 0 heterocycles. The Morgan fingerprint density at radius 3 is 1.45 bits per heavy atom. The van der Waals surface area contributed by atoms with E-state index in [4.69, 9.17) is 18.9 Å². The first-order valence-electron chi connectivity index (χ1n) is 9.78. The fraction of sp³-hybridized carbons (Fsp3) is 0.250. The van der Waals surface area contributed by atoms with Gasteiger partial charge >= 0.3 is 12.2 Å². The van der Waals surface area contributed by atoms with Crippen LogP contribution in [0, 0.1) is 23.7 Å². The monoisotopic (exact) mass is 468 g/mol. The van der Waals surface area contributed by atoms with Crippen molar-refractivity contribution in [2.45, 2.75) is 13.8 Å². The van der Waals surface area contributed by atoms with Crippen LogP contribution in [0.2, 0.25) is 0 Å². The van der Waals surface area contributed by atoms with E-state index in [1.165, 1.54) is 14.1 Å². The van der Waals surface area contributed by atoms with Crippen LogP contribution in [0.5, 0.6) is 23.0 Å². The first-order valence-corrected chi connectivity index (χ1v) is 10.5. The molecule has 0 aliphatic rings. The molecule has 0 N–H and O–H groups in total. The van der Waals surface area contributed by atoms with Gasteiger partial charge in [0.15, 0.2) is 23.0 Å². The first-order chi connectivity index (χ1) is 16.0. The Bertz CT molecular complexity index is 998. The molecule has 0 fully saturated rings. The van der Waals surface area contributed by atoms with Crippen LogP contribution in [0.25, 0.3) is 0 Å². The summed E-state index contributed by atoms with van der Waals surface area (Å²) in [6, 6.07) is 13.5. The topological polar surface area (TPSA) is 77.5 Å². The number of amides is 2. The summed E-state index contributed by atoms with van der Waals surface area (Å²) in [6.45, 7) is 3.74. The number of hydrogen-bond acceptors (Lipinski definition) is 7.